The van der Waals surface area contributed by atoms with Crippen LogP contribution in [0.2, 0.25) is 0 Å². The number of rotatable bonds is 14. The van der Waals surface area contributed by atoms with Crippen molar-refractivity contribution in [3.63, 3.8) is 0 Å². The molecule has 3 saturated heterocycles. The monoisotopic (exact) mass is 734 g/mol. The van der Waals surface area contributed by atoms with E-state index in [2.05, 4.69) is 16.6 Å². The van der Waals surface area contributed by atoms with Crippen LogP contribution < -0.4 is 45.3 Å². The maximum Gasteiger partial charge on any atom is 1.00 e. The molecule has 0 aromatic heterocycles. The fourth-order valence-corrected chi connectivity index (χ4v) is 5.82. The van der Waals surface area contributed by atoms with Crippen LogP contribution in [-0.4, -0.2) is 188 Å². The van der Waals surface area contributed by atoms with Gasteiger partial charge in [0.05, 0.1) is 32.0 Å². The number of ether oxygens (including phenoxy) is 6. The van der Waals surface area contributed by atoms with Gasteiger partial charge in [-0.2, -0.15) is 0 Å². The van der Waals surface area contributed by atoms with Crippen molar-refractivity contribution in [2.24, 2.45) is 0 Å². The molecule has 0 aliphatic carbocycles. The molecule has 280 valence electrons. The molecule has 11 N–H and O–H groups in total. The molecule has 3 heterocycles. The number of hydrogen-bond acceptors (Lipinski definition) is 19. The second-order valence-electron chi connectivity index (χ2n) is 11.7. The normalized spacial score (nSPS) is 40.0. The summed E-state index contributed by atoms with van der Waals surface area (Å²) >= 11 is 0. The Morgan fingerprint density at radius 1 is 0.920 bits per heavy atom. The van der Waals surface area contributed by atoms with Gasteiger partial charge in [0.25, 0.3) is 0 Å². The van der Waals surface area contributed by atoms with Crippen LogP contribution in [-0.2, 0) is 42.8 Å². The first-order valence-corrected chi connectivity index (χ1v) is 15.1. The van der Waals surface area contributed by atoms with E-state index in [1.807, 2.05) is 0 Å². The number of carbonyl (C=O) groups excluding carboxylic acids is 3. The number of aliphatic carboxylic acids is 1. The molecule has 0 aromatic carbocycles. The summed E-state index contributed by atoms with van der Waals surface area (Å²) in [5.41, 5.74) is 0. The average Bonchev–Trinajstić information content (AvgIpc) is 3.05. The molecule has 22 heteroatoms. The minimum atomic E-state index is -3.15. The van der Waals surface area contributed by atoms with Crippen molar-refractivity contribution in [1.82, 2.24) is 10.6 Å². The van der Waals surface area contributed by atoms with Crippen molar-refractivity contribution in [2.75, 3.05) is 26.4 Å². The van der Waals surface area contributed by atoms with Crippen LogP contribution in [0.4, 0.5) is 0 Å². The summed E-state index contributed by atoms with van der Waals surface area (Å²) in [6, 6.07) is -2.94. The zero-order valence-electron chi connectivity index (χ0n) is 27.4. The number of carboxylic acid groups (broad SMARTS) is 1. The van der Waals surface area contributed by atoms with E-state index in [4.69, 9.17) is 34.8 Å². The van der Waals surface area contributed by atoms with Gasteiger partial charge in [-0.15, -0.1) is 6.42 Å². The van der Waals surface area contributed by atoms with Gasteiger partial charge < -0.3 is 94.9 Å². The minimum absolute atomic E-state index is 0. The number of terminal acetylenes is 1. The Morgan fingerprint density at radius 3 is 2.02 bits per heavy atom. The second kappa shape index (κ2) is 19.4. The van der Waals surface area contributed by atoms with Gasteiger partial charge in [-0.3, -0.25) is 9.59 Å². The van der Waals surface area contributed by atoms with Gasteiger partial charge in [-0.05, 0) is 0 Å². The Labute approximate surface area is 307 Å². The van der Waals surface area contributed by atoms with Crippen LogP contribution in [0, 0.1) is 12.3 Å². The van der Waals surface area contributed by atoms with Gasteiger partial charge in [-0.25, -0.2) is 0 Å². The minimum Gasteiger partial charge on any atom is -0.544 e. The molecule has 0 bridgehead atoms. The van der Waals surface area contributed by atoms with Crippen molar-refractivity contribution in [3.05, 3.63) is 0 Å². The van der Waals surface area contributed by atoms with Gasteiger partial charge in [-0.1, -0.05) is 5.92 Å². The number of carboxylic acids is 1. The number of aliphatic hydroxyl groups is 9. The van der Waals surface area contributed by atoms with Crippen LogP contribution >= 0.6 is 0 Å². The topological polar surface area (TPSA) is 336 Å². The van der Waals surface area contributed by atoms with Crippen LogP contribution in [0.15, 0.2) is 0 Å². The molecule has 0 aromatic rings. The Hall–Kier alpha value is -1.63. The quantitative estimate of drug-likeness (QED) is 0.0583. The molecule has 3 aliphatic heterocycles. The van der Waals surface area contributed by atoms with Gasteiger partial charge >= 0.3 is 29.6 Å². The SMILES string of the molecule is C#CCO[C@@H]1O[C@H](CO)[C@@H](O[C@@H]2O[C@H](CO)[C@H](O)[C@H](O[C@]3(C(=O)[O-])C[C@H](O)[C@@H](NC(C)=O)[C@H]([C@@H](O)[C@H](O)CO)O3)[C@H]2O)[C@H](O)[C@H]1NC(C)=O.[Na+]. The maximum atomic E-state index is 12.6. The van der Waals surface area contributed by atoms with E-state index in [9.17, 15) is 65.4 Å². The first-order valence-electron chi connectivity index (χ1n) is 15.1. The Bertz CT molecular complexity index is 1180. The molecular weight excluding hydrogens is 691 g/mol. The number of aliphatic hydroxyl groups excluding tert-OH is 9. The van der Waals surface area contributed by atoms with Crippen LogP contribution in [0.25, 0.3) is 0 Å². The van der Waals surface area contributed by atoms with Crippen LogP contribution in [0.5, 0.6) is 0 Å². The summed E-state index contributed by atoms with van der Waals surface area (Å²) < 4.78 is 33.3. The fraction of sp³-hybridized carbons (Fsp3) is 0.821. The van der Waals surface area contributed by atoms with E-state index in [1.54, 1.807) is 0 Å². The standard InChI is InChI=1S/C28H44N2O19.Na/c1-4-5-44-25-17(30-11(3)35)20(40)22(15(9-33)46-25)47-26-21(41)24(19(39)14(8-32)45-26)49-28(27(42)43)6-12(36)16(29-10(2)34)23(48-28)18(38)13(37)7-31;/h1,12-26,31-33,36-41H,5-9H2,2-3H3,(H,29,34)(H,30,35)(H,42,43);/q;+1/p-1/t12-,13+,14+,15+,16+,17+,18-,19-,20+,21+,22+,23+,24-,25+,26-,28-;/m0./s1. The molecule has 3 rings (SSSR count). The van der Waals surface area contributed by atoms with Crippen molar-refractivity contribution in [1.29, 1.82) is 0 Å². The molecule has 0 radical (unpaired) electrons. The number of hydrogen-bond donors (Lipinski definition) is 11. The smallest absolute Gasteiger partial charge is 0.544 e. The van der Waals surface area contributed by atoms with Crippen molar-refractivity contribution < 1.29 is 123 Å². The van der Waals surface area contributed by atoms with E-state index in [1.165, 1.54) is 0 Å². The zero-order chi connectivity index (χ0) is 36.8. The molecule has 0 unspecified atom stereocenters. The molecule has 0 saturated carbocycles. The molecule has 16 atom stereocenters. The summed E-state index contributed by atoms with van der Waals surface area (Å²) in [5, 5.41) is 112. The third-order valence-corrected chi connectivity index (χ3v) is 8.17. The summed E-state index contributed by atoms with van der Waals surface area (Å²) in [6.45, 7) is -1.07. The predicted molar refractivity (Wildman–Crippen MR) is 152 cm³/mol. The molecule has 2 amide bonds. The zero-order valence-corrected chi connectivity index (χ0v) is 29.4. The van der Waals surface area contributed by atoms with Crippen molar-refractivity contribution in [2.45, 2.75) is 118 Å². The Balaban J connectivity index is 0.00000867. The molecule has 3 aliphatic rings. The summed E-state index contributed by atoms with van der Waals surface area (Å²) in [7, 11) is 0. The summed E-state index contributed by atoms with van der Waals surface area (Å²) in [5.74, 6) is -4.60. The summed E-state index contributed by atoms with van der Waals surface area (Å²) in [6.07, 6.45) is -20.3. The van der Waals surface area contributed by atoms with E-state index >= 15 is 0 Å². The van der Waals surface area contributed by atoms with Gasteiger partial charge in [0.1, 0.15) is 79.7 Å². The molecule has 3 fully saturated rings. The van der Waals surface area contributed by atoms with Crippen LogP contribution in [0.1, 0.15) is 20.3 Å². The van der Waals surface area contributed by atoms with E-state index in [0.717, 1.165) is 13.8 Å². The van der Waals surface area contributed by atoms with E-state index in [0.29, 0.717) is 0 Å². The number of nitrogens with one attached hydrogen (secondary N) is 2. The summed E-state index contributed by atoms with van der Waals surface area (Å²) in [4.78, 5) is 36.3. The third kappa shape index (κ3) is 10.1. The maximum absolute atomic E-state index is 12.6. The Kier molecular flexibility index (Phi) is 17.3. The van der Waals surface area contributed by atoms with E-state index in [-0.39, 0.29) is 36.2 Å². The first kappa shape index (κ1) is 44.5. The van der Waals surface area contributed by atoms with E-state index < -0.39 is 142 Å². The molecule has 50 heavy (non-hydrogen) atoms. The predicted octanol–water partition coefficient (Wildman–Crippen LogP) is -11.8. The Morgan fingerprint density at radius 2 is 1.50 bits per heavy atom. The second-order valence-corrected chi connectivity index (χ2v) is 11.7. The fourth-order valence-electron chi connectivity index (χ4n) is 5.82. The van der Waals surface area contributed by atoms with Gasteiger partial charge in [0.2, 0.25) is 17.6 Å². The number of carbonyl (C=O) groups is 3. The van der Waals surface area contributed by atoms with Gasteiger partial charge in [0, 0.05) is 20.3 Å². The van der Waals surface area contributed by atoms with Crippen molar-refractivity contribution >= 4 is 17.8 Å². The van der Waals surface area contributed by atoms with Gasteiger partial charge in [0.15, 0.2) is 12.6 Å². The average molecular weight is 735 g/mol. The number of amides is 2. The first-order chi connectivity index (χ1) is 23.0. The van der Waals surface area contributed by atoms with Crippen molar-refractivity contribution in [3.8, 4) is 12.3 Å². The van der Waals surface area contributed by atoms with Crippen LogP contribution in [0.3, 0.4) is 0 Å². The molecular formula is C28H43N2NaO19. The largest absolute Gasteiger partial charge is 1.00 e. The molecule has 0 spiro atoms. The third-order valence-electron chi connectivity index (χ3n) is 8.17. The molecule has 21 nitrogen and oxygen atoms in total.